The van der Waals surface area contributed by atoms with Crippen molar-refractivity contribution < 1.29 is 5.11 Å². The number of hydrogen-bond donors (Lipinski definition) is 1. The van der Waals surface area contributed by atoms with Gasteiger partial charge in [0.05, 0.1) is 11.5 Å². The van der Waals surface area contributed by atoms with E-state index in [9.17, 15) is 0 Å². The summed E-state index contributed by atoms with van der Waals surface area (Å²) in [6.45, 7) is 2.04. The molecule has 0 spiro atoms. The Hall–Kier alpha value is 0.230. The summed E-state index contributed by atoms with van der Waals surface area (Å²) in [4.78, 5) is 4.81. The molecule has 0 atom stereocenters. The first-order valence-electron chi connectivity index (χ1n) is 3.16. The number of rotatable bonds is 3. The number of nitrogens with zero attached hydrogens (tertiary/aromatic N) is 1. The first-order chi connectivity index (χ1) is 5.27. The van der Waals surface area contributed by atoms with Gasteiger partial charge in [-0.3, -0.25) is 0 Å². The molecule has 0 unspecified atom stereocenters. The molecule has 0 aliphatic heterocycles. The molecule has 0 aliphatic rings. The summed E-state index contributed by atoms with van der Waals surface area (Å²) in [6, 6.07) is 0. The van der Waals surface area contributed by atoms with E-state index >= 15 is 0 Å². The van der Waals surface area contributed by atoms with Gasteiger partial charge < -0.3 is 5.11 Å². The standard InChI is InChI=1S/C6H8ClNOS2/c1-2-10-6-8-5(7)4(3-9)11-6/h9H,2-3H2,1H3. The number of aromatic nitrogens is 1. The molecule has 0 aliphatic carbocycles. The second-order valence-corrected chi connectivity index (χ2v) is 4.74. The average molecular weight is 210 g/mol. The third-order valence-corrected chi connectivity index (χ3v) is 3.53. The van der Waals surface area contributed by atoms with Crippen molar-refractivity contribution in [2.24, 2.45) is 0 Å². The normalized spacial score (nSPS) is 10.5. The van der Waals surface area contributed by atoms with Crippen LogP contribution in [0.25, 0.3) is 0 Å². The average Bonchev–Trinajstić information content (AvgIpc) is 2.32. The van der Waals surface area contributed by atoms with E-state index in [1.165, 1.54) is 11.3 Å². The highest BCUT2D eigenvalue weighted by molar-refractivity contribution is 8.01. The second kappa shape index (κ2) is 4.30. The number of halogens is 1. The van der Waals surface area contributed by atoms with Gasteiger partial charge in [-0.05, 0) is 5.75 Å². The van der Waals surface area contributed by atoms with Crippen LogP contribution in [0.15, 0.2) is 4.34 Å². The molecule has 11 heavy (non-hydrogen) atoms. The third-order valence-electron chi connectivity index (χ3n) is 1.04. The van der Waals surface area contributed by atoms with E-state index in [4.69, 9.17) is 16.7 Å². The summed E-state index contributed by atoms with van der Waals surface area (Å²) in [5.74, 6) is 0.981. The quantitative estimate of drug-likeness (QED) is 0.777. The molecule has 1 N–H and O–H groups in total. The van der Waals surface area contributed by atoms with Crippen LogP contribution in [0.5, 0.6) is 0 Å². The van der Waals surface area contributed by atoms with Crippen LogP contribution in [0.3, 0.4) is 0 Å². The number of thiazole rings is 1. The predicted octanol–water partition coefficient (Wildman–Crippen LogP) is 2.40. The molecule has 0 radical (unpaired) electrons. The number of aliphatic hydroxyl groups excluding tert-OH is 1. The van der Waals surface area contributed by atoms with Gasteiger partial charge in [0.1, 0.15) is 5.15 Å². The van der Waals surface area contributed by atoms with Gasteiger partial charge in [0, 0.05) is 0 Å². The van der Waals surface area contributed by atoms with E-state index in [1.54, 1.807) is 11.8 Å². The maximum absolute atomic E-state index is 8.78. The molecule has 1 heterocycles. The highest BCUT2D eigenvalue weighted by atomic mass is 35.5. The lowest BCUT2D eigenvalue weighted by Crippen LogP contribution is -1.75. The Morgan fingerprint density at radius 3 is 2.91 bits per heavy atom. The van der Waals surface area contributed by atoms with Gasteiger partial charge in [0.2, 0.25) is 0 Å². The minimum Gasteiger partial charge on any atom is -0.391 e. The maximum atomic E-state index is 8.78. The van der Waals surface area contributed by atoms with Crippen LogP contribution in [-0.2, 0) is 6.61 Å². The molecule has 2 nitrogen and oxygen atoms in total. The predicted molar refractivity (Wildman–Crippen MR) is 49.4 cm³/mol. The minimum atomic E-state index is -0.0131. The zero-order chi connectivity index (χ0) is 8.27. The molecule has 1 rings (SSSR count). The first-order valence-corrected chi connectivity index (χ1v) is 5.34. The Morgan fingerprint density at radius 2 is 2.45 bits per heavy atom. The van der Waals surface area contributed by atoms with Crippen LogP contribution in [0.2, 0.25) is 5.15 Å². The van der Waals surface area contributed by atoms with Crippen molar-refractivity contribution in [1.82, 2.24) is 4.98 Å². The Morgan fingerprint density at radius 1 is 1.73 bits per heavy atom. The molecular formula is C6H8ClNOS2. The summed E-state index contributed by atoms with van der Waals surface area (Å²) in [7, 11) is 0. The topological polar surface area (TPSA) is 33.1 Å². The molecule has 0 bridgehead atoms. The lowest BCUT2D eigenvalue weighted by Gasteiger charge is -1.85. The van der Waals surface area contributed by atoms with Crippen molar-refractivity contribution in [3.05, 3.63) is 10.0 Å². The summed E-state index contributed by atoms with van der Waals surface area (Å²) in [6.07, 6.45) is 0. The largest absolute Gasteiger partial charge is 0.391 e. The molecule has 0 saturated carbocycles. The van der Waals surface area contributed by atoms with Crippen molar-refractivity contribution in [3.8, 4) is 0 Å². The lowest BCUT2D eigenvalue weighted by atomic mass is 10.6. The summed E-state index contributed by atoms with van der Waals surface area (Å²) >= 11 is 8.80. The summed E-state index contributed by atoms with van der Waals surface area (Å²) in [5.41, 5.74) is 0. The van der Waals surface area contributed by atoms with Crippen molar-refractivity contribution in [2.45, 2.75) is 17.9 Å². The monoisotopic (exact) mass is 209 g/mol. The molecule has 1 aromatic heterocycles. The lowest BCUT2D eigenvalue weighted by molar-refractivity contribution is 0.285. The SMILES string of the molecule is CCSc1nc(Cl)c(CO)s1. The third kappa shape index (κ3) is 2.33. The Kier molecular flexibility index (Phi) is 3.65. The molecule has 0 amide bonds. The van der Waals surface area contributed by atoms with Gasteiger partial charge in [-0.1, -0.05) is 30.3 Å². The zero-order valence-electron chi connectivity index (χ0n) is 6.00. The molecule has 0 saturated heterocycles. The van der Waals surface area contributed by atoms with Crippen molar-refractivity contribution >= 4 is 34.7 Å². The fourth-order valence-corrected chi connectivity index (χ4v) is 2.79. The molecule has 62 valence electrons. The van der Waals surface area contributed by atoms with Crippen molar-refractivity contribution in [3.63, 3.8) is 0 Å². The molecular weight excluding hydrogens is 202 g/mol. The smallest absolute Gasteiger partial charge is 0.151 e. The highest BCUT2D eigenvalue weighted by Crippen LogP contribution is 2.29. The van der Waals surface area contributed by atoms with E-state index < -0.39 is 0 Å². The van der Waals surface area contributed by atoms with Crippen LogP contribution < -0.4 is 0 Å². The second-order valence-electron chi connectivity index (χ2n) is 1.78. The molecule has 0 aromatic carbocycles. The van der Waals surface area contributed by atoms with Gasteiger partial charge in [0.15, 0.2) is 4.34 Å². The van der Waals surface area contributed by atoms with E-state index in [0.29, 0.717) is 5.15 Å². The van der Waals surface area contributed by atoms with Crippen LogP contribution in [0, 0.1) is 0 Å². The van der Waals surface area contributed by atoms with Gasteiger partial charge in [-0.25, -0.2) is 4.98 Å². The van der Waals surface area contributed by atoms with E-state index in [1.807, 2.05) is 0 Å². The fraction of sp³-hybridized carbons (Fsp3) is 0.500. The number of hydrogen-bond acceptors (Lipinski definition) is 4. The molecule has 5 heteroatoms. The Bertz CT molecular complexity index is 238. The molecule has 1 aromatic rings. The van der Waals surface area contributed by atoms with Gasteiger partial charge in [-0.2, -0.15) is 0 Å². The van der Waals surface area contributed by atoms with Crippen LogP contribution >= 0.6 is 34.7 Å². The van der Waals surface area contributed by atoms with Gasteiger partial charge in [0.25, 0.3) is 0 Å². The Labute approximate surface area is 78.6 Å². The fourth-order valence-electron chi connectivity index (χ4n) is 0.596. The first kappa shape index (κ1) is 9.32. The van der Waals surface area contributed by atoms with E-state index in [-0.39, 0.29) is 6.61 Å². The summed E-state index contributed by atoms with van der Waals surface area (Å²) in [5, 5.41) is 9.22. The minimum absolute atomic E-state index is 0.0131. The Balaban J connectivity index is 2.77. The van der Waals surface area contributed by atoms with Crippen LogP contribution in [-0.4, -0.2) is 15.8 Å². The highest BCUT2D eigenvalue weighted by Gasteiger charge is 2.06. The van der Waals surface area contributed by atoms with Crippen molar-refractivity contribution in [2.75, 3.05) is 5.75 Å². The van der Waals surface area contributed by atoms with Gasteiger partial charge in [-0.15, -0.1) is 11.3 Å². The molecule has 0 fully saturated rings. The number of aliphatic hydroxyl groups is 1. The zero-order valence-corrected chi connectivity index (χ0v) is 8.39. The van der Waals surface area contributed by atoms with Crippen LogP contribution in [0.4, 0.5) is 0 Å². The number of thioether (sulfide) groups is 1. The maximum Gasteiger partial charge on any atom is 0.151 e. The summed E-state index contributed by atoms with van der Waals surface area (Å²) < 4.78 is 0.932. The van der Waals surface area contributed by atoms with Gasteiger partial charge >= 0.3 is 0 Å². The van der Waals surface area contributed by atoms with E-state index in [0.717, 1.165) is 15.0 Å². The van der Waals surface area contributed by atoms with E-state index in [2.05, 4.69) is 11.9 Å². The van der Waals surface area contributed by atoms with Crippen molar-refractivity contribution in [1.29, 1.82) is 0 Å². The van der Waals surface area contributed by atoms with Crippen LogP contribution in [0.1, 0.15) is 11.8 Å².